The average molecular weight is 499 g/mol. The number of unbranched alkanes of at least 4 members (excludes halogenated alkanes) is 8. The van der Waals surface area contributed by atoms with Crippen molar-refractivity contribution in [3.63, 3.8) is 0 Å². The molecule has 1 saturated carbocycles. The predicted molar refractivity (Wildman–Crippen MR) is 147 cm³/mol. The minimum absolute atomic E-state index is 0.206. The van der Waals surface area contributed by atoms with Gasteiger partial charge in [-0.1, -0.05) is 110 Å². The Morgan fingerprint density at radius 3 is 1.92 bits per heavy atom. The molecular weight excluding hydrogens is 450 g/mol. The Labute approximate surface area is 218 Å². The summed E-state index contributed by atoms with van der Waals surface area (Å²) in [6.45, 7) is 4.47. The fourth-order valence-electron chi connectivity index (χ4n) is 5.73. The zero-order chi connectivity index (χ0) is 25.6. The maximum atomic E-state index is 14.9. The van der Waals surface area contributed by atoms with Crippen molar-refractivity contribution >= 4 is 0 Å². The number of rotatable bonds is 16. The van der Waals surface area contributed by atoms with Crippen LogP contribution in [0.5, 0.6) is 0 Å². The monoisotopic (exact) mass is 498 g/mol. The summed E-state index contributed by atoms with van der Waals surface area (Å²) in [4.78, 5) is 0. The van der Waals surface area contributed by atoms with Crippen molar-refractivity contribution in [3.8, 4) is 11.3 Å². The van der Waals surface area contributed by atoms with Gasteiger partial charge in [-0.2, -0.15) is 10.2 Å². The van der Waals surface area contributed by atoms with Gasteiger partial charge in [0, 0.05) is 5.56 Å². The van der Waals surface area contributed by atoms with Gasteiger partial charge in [-0.05, 0) is 61.3 Å². The molecule has 1 aromatic heterocycles. The van der Waals surface area contributed by atoms with Gasteiger partial charge in [0.05, 0.1) is 11.4 Å². The van der Waals surface area contributed by atoms with Gasteiger partial charge >= 0.3 is 0 Å². The van der Waals surface area contributed by atoms with Gasteiger partial charge in [0.15, 0.2) is 11.6 Å². The number of halogens is 2. The Morgan fingerprint density at radius 2 is 1.28 bits per heavy atom. The highest BCUT2D eigenvalue weighted by Gasteiger charge is 2.22. The zero-order valence-electron chi connectivity index (χ0n) is 22.8. The molecule has 0 unspecified atom stereocenters. The smallest absolute Gasteiger partial charge is 0.168 e. The van der Waals surface area contributed by atoms with Gasteiger partial charge in [-0.3, -0.25) is 0 Å². The maximum absolute atomic E-state index is 14.9. The summed E-state index contributed by atoms with van der Waals surface area (Å²) in [5, 5.41) is 8.46. The molecule has 2 aromatic rings. The summed E-state index contributed by atoms with van der Waals surface area (Å²) in [5.74, 6) is 0.0183. The van der Waals surface area contributed by atoms with E-state index in [2.05, 4.69) is 24.0 Å². The molecule has 1 aliphatic carbocycles. The van der Waals surface area contributed by atoms with E-state index in [1.807, 2.05) is 6.07 Å². The van der Waals surface area contributed by atoms with Crippen LogP contribution < -0.4 is 0 Å². The lowest BCUT2D eigenvalue weighted by Gasteiger charge is -2.28. The molecule has 0 saturated heterocycles. The highest BCUT2D eigenvalue weighted by atomic mass is 19.2. The van der Waals surface area contributed by atoms with Gasteiger partial charge < -0.3 is 0 Å². The van der Waals surface area contributed by atoms with Crippen molar-refractivity contribution < 1.29 is 8.78 Å². The largest absolute Gasteiger partial charge is 0.203 e. The Bertz CT molecular complexity index is 872. The molecule has 0 aliphatic heterocycles. The van der Waals surface area contributed by atoms with Crippen molar-refractivity contribution in [3.05, 3.63) is 47.2 Å². The first kappa shape index (κ1) is 28.7. The van der Waals surface area contributed by atoms with E-state index in [-0.39, 0.29) is 5.56 Å². The average Bonchev–Trinajstić information content (AvgIpc) is 2.90. The molecule has 1 heterocycles. The second kappa shape index (κ2) is 16.1. The predicted octanol–water partition coefficient (Wildman–Crippen LogP) is 10.0. The quantitative estimate of drug-likeness (QED) is 0.215. The highest BCUT2D eigenvalue weighted by Crippen LogP contribution is 2.35. The molecule has 4 heteroatoms. The molecule has 0 bridgehead atoms. The van der Waals surface area contributed by atoms with E-state index < -0.39 is 11.6 Å². The van der Waals surface area contributed by atoms with Crippen LogP contribution in [0.4, 0.5) is 8.78 Å². The first-order chi connectivity index (χ1) is 17.6. The number of aromatic nitrogens is 2. The minimum Gasteiger partial charge on any atom is -0.203 e. The first-order valence-corrected chi connectivity index (χ1v) is 14.9. The molecule has 1 fully saturated rings. The maximum Gasteiger partial charge on any atom is 0.168 e. The van der Waals surface area contributed by atoms with Crippen LogP contribution in [0, 0.1) is 23.5 Å². The number of hydrogen-bond donors (Lipinski definition) is 0. The lowest BCUT2D eigenvalue weighted by Crippen LogP contribution is -2.15. The summed E-state index contributed by atoms with van der Waals surface area (Å²) in [5.41, 5.74) is 2.02. The van der Waals surface area contributed by atoms with Crippen molar-refractivity contribution in [1.82, 2.24) is 10.2 Å². The number of nitrogens with zero attached hydrogens (tertiary/aromatic N) is 2. The molecule has 2 nitrogen and oxygen atoms in total. The molecule has 0 N–H and O–H groups in total. The fourth-order valence-corrected chi connectivity index (χ4v) is 5.73. The number of benzene rings is 1. The van der Waals surface area contributed by atoms with Crippen molar-refractivity contribution in [2.75, 3.05) is 0 Å². The van der Waals surface area contributed by atoms with Gasteiger partial charge in [-0.15, -0.1) is 0 Å². The van der Waals surface area contributed by atoms with Crippen molar-refractivity contribution in [2.24, 2.45) is 11.8 Å². The van der Waals surface area contributed by atoms with Crippen molar-refractivity contribution in [1.29, 1.82) is 0 Å². The Balaban J connectivity index is 1.44. The third-order valence-corrected chi connectivity index (χ3v) is 8.20. The van der Waals surface area contributed by atoms with Crippen LogP contribution in [0.2, 0.25) is 0 Å². The van der Waals surface area contributed by atoms with E-state index in [0.29, 0.717) is 23.6 Å². The molecule has 0 spiro atoms. The number of hydrogen-bond acceptors (Lipinski definition) is 2. The van der Waals surface area contributed by atoms with E-state index in [1.165, 1.54) is 89.9 Å². The third-order valence-electron chi connectivity index (χ3n) is 8.20. The normalized spacial score (nSPS) is 18.0. The van der Waals surface area contributed by atoms with Crippen LogP contribution >= 0.6 is 0 Å². The first-order valence-electron chi connectivity index (χ1n) is 14.9. The fraction of sp³-hybridized carbons (Fsp3) is 0.688. The Hall–Kier alpha value is -1.84. The van der Waals surface area contributed by atoms with E-state index in [4.69, 9.17) is 0 Å². The molecule has 200 valence electrons. The van der Waals surface area contributed by atoms with E-state index >= 15 is 0 Å². The Kier molecular flexibility index (Phi) is 12.8. The molecule has 1 aliphatic rings. The highest BCUT2D eigenvalue weighted by molar-refractivity contribution is 5.60. The lowest BCUT2D eigenvalue weighted by atomic mass is 9.77. The summed E-state index contributed by atoms with van der Waals surface area (Å²) >= 11 is 0. The van der Waals surface area contributed by atoms with Crippen LogP contribution in [0.25, 0.3) is 11.3 Å². The van der Waals surface area contributed by atoms with E-state index in [9.17, 15) is 8.78 Å². The second-order valence-electron chi connectivity index (χ2n) is 11.1. The van der Waals surface area contributed by atoms with Crippen LogP contribution in [-0.2, 0) is 12.8 Å². The molecule has 1 aromatic carbocycles. The van der Waals surface area contributed by atoms with Gasteiger partial charge in [-0.25, -0.2) is 8.78 Å². The SMILES string of the molecule is CCCCCCCc1ccc(-c2ccc(CCC3CCC(CCCCCCC)CC3)c(F)c2F)nn1. The van der Waals surface area contributed by atoms with Crippen LogP contribution in [-0.4, -0.2) is 10.2 Å². The molecule has 0 amide bonds. The zero-order valence-corrected chi connectivity index (χ0v) is 22.8. The van der Waals surface area contributed by atoms with Crippen LogP contribution in [0.3, 0.4) is 0 Å². The van der Waals surface area contributed by atoms with Crippen molar-refractivity contribution in [2.45, 2.75) is 129 Å². The minimum atomic E-state index is -0.791. The Morgan fingerprint density at radius 1 is 0.639 bits per heavy atom. The number of aryl methyl sites for hydroxylation is 2. The van der Waals surface area contributed by atoms with Gasteiger partial charge in [0.25, 0.3) is 0 Å². The molecule has 36 heavy (non-hydrogen) atoms. The summed E-state index contributed by atoms with van der Waals surface area (Å²) in [6, 6.07) is 7.10. The summed E-state index contributed by atoms with van der Waals surface area (Å²) in [7, 11) is 0. The molecule has 0 radical (unpaired) electrons. The molecule has 0 atom stereocenters. The topological polar surface area (TPSA) is 25.8 Å². The van der Waals surface area contributed by atoms with Gasteiger partial charge in [0.2, 0.25) is 0 Å². The third kappa shape index (κ3) is 9.23. The van der Waals surface area contributed by atoms with Crippen LogP contribution in [0.1, 0.15) is 128 Å². The summed E-state index contributed by atoms with van der Waals surface area (Å²) < 4.78 is 29.9. The van der Waals surface area contributed by atoms with Crippen LogP contribution in [0.15, 0.2) is 24.3 Å². The summed E-state index contributed by atoms with van der Waals surface area (Å²) in [6.07, 6.45) is 21.7. The molecule has 3 rings (SSSR count). The lowest BCUT2D eigenvalue weighted by molar-refractivity contribution is 0.248. The van der Waals surface area contributed by atoms with Gasteiger partial charge in [0.1, 0.15) is 0 Å². The second-order valence-corrected chi connectivity index (χ2v) is 11.1. The molecular formula is C32H48F2N2. The van der Waals surface area contributed by atoms with E-state index in [1.54, 1.807) is 18.2 Å². The standard InChI is InChI=1S/C32H48F2N2/c1-3-5-7-9-11-13-25-15-17-26(18-16-25)19-20-27-21-23-29(32(34)31(27)33)30-24-22-28(35-36-30)14-12-10-8-6-4-2/h21-26H,3-20H2,1-2H3. The van der Waals surface area contributed by atoms with E-state index in [0.717, 1.165) is 30.9 Å².